The topological polar surface area (TPSA) is 84.5 Å². The fourth-order valence-electron chi connectivity index (χ4n) is 2.98. The number of rotatable bonds is 7. The maximum atomic E-state index is 12.6. The van der Waals surface area contributed by atoms with Gasteiger partial charge in [-0.25, -0.2) is 8.42 Å². The summed E-state index contributed by atoms with van der Waals surface area (Å²) in [5, 5.41) is 3.26. The molecule has 0 aliphatic rings. The van der Waals surface area contributed by atoms with E-state index in [1.807, 2.05) is 39.0 Å². The molecule has 162 valence electrons. The van der Waals surface area contributed by atoms with Crippen molar-refractivity contribution in [3.05, 3.63) is 82.4 Å². The monoisotopic (exact) mass is 458 g/mol. The Labute approximate surface area is 187 Å². The molecule has 0 aliphatic heterocycles. The number of halogens is 1. The zero-order valence-corrected chi connectivity index (χ0v) is 19.0. The van der Waals surface area contributed by atoms with Crippen LogP contribution in [0.2, 0.25) is 5.02 Å². The Kier molecular flexibility index (Phi) is 6.87. The molecular weight excluding hydrogens is 436 g/mol. The molecule has 0 bridgehead atoms. The van der Waals surface area contributed by atoms with Crippen molar-refractivity contribution in [3.63, 3.8) is 0 Å². The van der Waals surface area contributed by atoms with Gasteiger partial charge in [-0.2, -0.15) is 0 Å². The van der Waals surface area contributed by atoms with E-state index in [4.69, 9.17) is 16.3 Å². The lowest BCUT2D eigenvalue weighted by atomic mass is 10.1. The van der Waals surface area contributed by atoms with E-state index in [9.17, 15) is 13.2 Å². The van der Waals surface area contributed by atoms with Crippen LogP contribution < -0.4 is 14.8 Å². The standard InChI is InChI=1S/C23H23ClN2O4S/c1-15-10-16(2)12-19(11-15)25-23(27)14-30-20-6-8-21(9-7-20)31(28,29)26-18-5-4-17(3)22(24)13-18/h4-13,26H,14H2,1-3H3,(H,25,27). The van der Waals surface area contributed by atoms with Gasteiger partial charge in [-0.05, 0) is 86.0 Å². The van der Waals surface area contributed by atoms with E-state index in [0.29, 0.717) is 22.1 Å². The molecule has 0 unspecified atom stereocenters. The lowest BCUT2D eigenvalue weighted by Crippen LogP contribution is -2.20. The van der Waals surface area contributed by atoms with Crippen molar-refractivity contribution in [2.24, 2.45) is 0 Å². The number of aryl methyl sites for hydroxylation is 3. The number of amides is 1. The van der Waals surface area contributed by atoms with Gasteiger partial charge in [0.2, 0.25) is 0 Å². The quantitative estimate of drug-likeness (QED) is 0.516. The van der Waals surface area contributed by atoms with E-state index in [1.165, 1.54) is 24.3 Å². The molecule has 2 N–H and O–H groups in total. The van der Waals surface area contributed by atoms with Crippen LogP contribution in [0.25, 0.3) is 0 Å². The van der Waals surface area contributed by atoms with Gasteiger partial charge in [0.05, 0.1) is 10.6 Å². The van der Waals surface area contributed by atoms with Crippen molar-refractivity contribution in [3.8, 4) is 5.75 Å². The lowest BCUT2D eigenvalue weighted by Gasteiger charge is -2.11. The number of nitrogens with one attached hydrogen (secondary N) is 2. The zero-order chi connectivity index (χ0) is 22.6. The molecule has 1 amide bonds. The van der Waals surface area contributed by atoms with Gasteiger partial charge in [0, 0.05) is 10.7 Å². The first-order valence-electron chi connectivity index (χ1n) is 9.52. The first-order valence-corrected chi connectivity index (χ1v) is 11.4. The summed E-state index contributed by atoms with van der Waals surface area (Å²) in [5.74, 6) is 0.0764. The van der Waals surface area contributed by atoms with Crippen molar-refractivity contribution in [2.75, 3.05) is 16.6 Å². The minimum absolute atomic E-state index is 0.0660. The van der Waals surface area contributed by atoms with E-state index < -0.39 is 10.0 Å². The molecule has 3 rings (SSSR count). The Balaban J connectivity index is 1.60. The summed E-state index contributed by atoms with van der Waals surface area (Å²) < 4.78 is 33.1. The van der Waals surface area contributed by atoms with Crippen LogP contribution in [0, 0.1) is 20.8 Å². The molecule has 0 saturated carbocycles. The molecule has 8 heteroatoms. The summed E-state index contributed by atoms with van der Waals surface area (Å²) in [5.41, 5.74) is 4.03. The average Bonchev–Trinajstić information content (AvgIpc) is 2.68. The third-order valence-electron chi connectivity index (χ3n) is 4.43. The number of carbonyl (C=O) groups excluding carboxylic acids is 1. The van der Waals surface area contributed by atoms with Gasteiger partial charge in [0.15, 0.2) is 6.61 Å². The molecule has 0 aromatic heterocycles. The third kappa shape index (κ3) is 6.23. The molecular formula is C23H23ClN2O4S. The van der Waals surface area contributed by atoms with Crippen LogP contribution in [-0.4, -0.2) is 20.9 Å². The molecule has 0 aliphatic carbocycles. The van der Waals surface area contributed by atoms with E-state index in [1.54, 1.807) is 18.2 Å². The van der Waals surface area contributed by atoms with Crippen LogP contribution in [0.4, 0.5) is 11.4 Å². The number of sulfonamides is 1. The minimum Gasteiger partial charge on any atom is -0.484 e. The summed E-state index contributed by atoms with van der Waals surface area (Å²) in [6, 6.07) is 16.5. The van der Waals surface area contributed by atoms with E-state index in [-0.39, 0.29) is 17.4 Å². The highest BCUT2D eigenvalue weighted by Gasteiger charge is 2.15. The molecule has 0 fully saturated rings. The Morgan fingerprint density at radius 3 is 2.16 bits per heavy atom. The molecule has 3 aromatic carbocycles. The van der Waals surface area contributed by atoms with Crippen molar-refractivity contribution in [2.45, 2.75) is 25.7 Å². The maximum absolute atomic E-state index is 12.6. The Morgan fingerprint density at radius 2 is 1.55 bits per heavy atom. The summed E-state index contributed by atoms with van der Waals surface area (Å²) in [4.78, 5) is 12.2. The van der Waals surface area contributed by atoms with Gasteiger partial charge in [0.25, 0.3) is 15.9 Å². The number of ether oxygens (including phenoxy) is 1. The molecule has 0 spiro atoms. The Bertz CT molecular complexity index is 1190. The maximum Gasteiger partial charge on any atom is 0.262 e. The van der Waals surface area contributed by atoms with Crippen molar-refractivity contribution >= 4 is 38.9 Å². The summed E-state index contributed by atoms with van der Waals surface area (Å²) in [7, 11) is -3.78. The number of hydrogen-bond donors (Lipinski definition) is 2. The first kappa shape index (κ1) is 22.7. The third-order valence-corrected chi connectivity index (χ3v) is 6.24. The smallest absolute Gasteiger partial charge is 0.262 e. The molecule has 0 radical (unpaired) electrons. The van der Waals surface area contributed by atoms with Gasteiger partial charge in [-0.15, -0.1) is 0 Å². The van der Waals surface area contributed by atoms with E-state index >= 15 is 0 Å². The fourth-order valence-corrected chi connectivity index (χ4v) is 4.21. The molecule has 0 saturated heterocycles. The molecule has 0 atom stereocenters. The highest BCUT2D eigenvalue weighted by molar-refractivity contribution is 7.92. The summed E-state index contributed by atoms with van der Waals surface area (Å²) >= 11 is 6.05. The number of benzene rings is 3. The van der Waals surface area contributed by atoms with Crippen LogP contribution in [0.15, 0.2) is 65.6 Å². The van der Waals surface area contributed by atoms with Crippen LogP contribution in [0.5, 0.6) is 5.75 Å². The second-order valence-electron chi connectivity index (χ2n) is 7.25. The average molecular weight is 459 g/mol. The SMILES string of the molecule is Cc1cc(C)cc(NC(=O)COc2ccc(S(=O)(=O)Nc3ccc(C)c(Cl)c3)cc2)c1. The molecule has 6 nitrogen and oxygen atoms in total. The first-order chi connectivity index (χ1) is 14.6. The van der Waals surface area contributed by atoms with Crippen molar-refractivity contribution in [1.29, 1.82) is 0 Å². The number of anilines is 2. The Morgan fingerprint density at radius 1 is 0.903 bits per heavy atom. The van der Waals surface area contributed by atoms with Crippen LogP contribution in [0.1, 0.15) is 16.7 Å². The summed E-state index contributed by atoms with van der Waals surface area (Å²) in [6.07, 6.45) is 0. The van der Waals surface area contributed by atoms with E-state index in [2.05, 4.69) is 10.0 Å². The predicted molar refractivity (Wildman–Crippen MR) is 123 cm³/mol. The van der Waals surface area contributed by atoms with Crippen LogP contribution in [0.3, 0.4) is 0 Å². The number of hydrogen-bond acceptors (Lipinski definition) is 4. The zero-order valence-electron chi connectivity index (χ0n) is 17.4. The second-order valence-corrected chi connectivity index (χ2v) is 9.34. The number of carbonyl (C=O) groups is 1. The highest BCUT2D eigenvalue weighted by Crippen LogP contribution is 2.23. The summed E-state index contributed by atoms with van der Waals surface area (Å²) in [6.45, 7) is 5.55. The van der Waals surface area contributed by atoms with Gasteiger partial charge >= 0.3 is 0 Å². The minimum atomic E-state index is -3.78. The molecule has 3 aromatic rings. The molecule has 31 heavy (non-hydrogen) atoms. The van der Waals surface area contributed by atoms with Gasteiger partial charge < -0.3 is 10.1 Å². The van der Waals surface area contributed by atoms with Gasteiger partial charge in [0.1, 0.15) is 5.75 Å². The van der Waals surface area contributed by atoms with Crippen molar-refractivity contribution in [1.82, 2.24) is 0 Å². The lowest BCUT2D eigenvalue weighted by molar-refractivity contribution is -0.118. The highest BCUT2D eigenvalue weighted by atomic mass is 35.5. The van der Waals surface area contributed by atoms with Gasteiger partial charge in [-0.1, -0.05) is 23.7 Å². The fraction of sp³-hybridized carbons (Fsp3) is 0.174. The second kappa shape index (κ2) is 9.41. The Hall–Kier alpha value is -3.03. The van der Waals surface area contributed by atoms with E-state index in [0.717, 1.165) is 16.7 Å². The van der Waals surface area contributed by atoms with Crippen LogP contribution in [-0.2, 0) is 14.8 Å². The largest absolute Gasteiger partial charge is 0.484 e. The predicted octanol–water partition coefficient (Wildman–Crippen LogP) is 5.08. The normalized spacial score (nSPS) is 11.1. The van der Waals surface area contributed by atoms with Gasteiger partial charge in [-0.3, -0.25) is 9.52 Å². The van der Waals surface area contributed by atoms with Crippen LogP contribution >= 0.6 is 11.6 Å². The molecule has 0 heterocycles. The van der Waals surface area contributed by atoms with Crippen molar-refractivity contribution < 1.29 is 17.9 Å².